The summed E-state index contributed by atoms with van der Waals surface area (Å²) < 4.78 is 0. The quantitative estimate of drug-likeness (QED) is 0.686. The molecule has 0 aliphatic heterocycles. The third-order valence-corrected chi connectivity index (χ3v) is 5.42. The van der Waals surface area contributed by atoms with Crippen LogP contribution in [0.2, 0.25) is 0 Å². The van der Waals surface area contributed by atoms with E-state index in [0.717, 1.165) is 24.0 Å². The molecule has 2 aromatic rings. The predicted molar refractivity (Wildman–Crippen MR) is 121 cm³/mol. The molecule has 0 radical (unpaired) electrons. The van der Waals surface area contributed by atoms with E-state index in [2.05, 4.69) is 10.6 Å². The zero-order valence-corrected chi connectivity index (χ0v) is 18.6. The molecule has 0 saturated heterocycles. The summed E-state index contributed by atoms with van der Waals surface area (Å²) in [4.78, 5) is 39.5. The molecule has 2 N–H and O–H groups in total. The number of carbonyl (C=O) groups excluding carboxylic acids is 3. The van der Waals surface area contributed by atoms with E-state index in [-0.39, 0.29) is 23.6 Å². The topological polar surface area (TPSA) is 78.5 Å². The van der Waals surface area contributed by atoms with Crippen molar-refractivity contribution >= 4 is 17.7 Å². The van der Waals surface area contributed by atoms with Crippen LogP contribution in [0, 0.1) is 12.8 Å². The highest BCUT2D eigenvalue weighted by atomic mass is 16.2. The zero-order chi connectivity index (χ0) is 22.5. The minimum absolute atomic E-state index is 0.0581. The van der Waals surface area contributed by atoms with Gasteiger partial charge in [0.25, 0.3) is 11.8 Å². The first-order chi connectivity index (χ1) is 14.7. The van der Waals surface area contributed by atoms with Gasteiger partial charge >= 0.3 is 0 Å². The highest BCUT2D eigenvalue weighted by molar-refractivity contribution is 5.97. The van der Waals surface area contributed by atoms with Gasteiger partial charge in [-0.3, -0.25) is 14.4 Å². The van der Waals surface area contributed by atoms with E-state index >= 15 is 0 Å². The molecular formula is C25H31N3O3. The van der Waals surface area contributed by atoms with Gasteiger partial charge < -0.3 is 15.5 Å². The van der Waals surface area contributed by atoms with E-state index in [9.17, 15) is 14.4 Å². The van der Waals surface area contributed by atoms with Crippen molar-refractivity contribution in [2.45, 2.75) is 52.2 Å². The monoisotopic (exact) mass is 421 g/mol. The molecule has 3 rings (SSSR count). The lowest BCUT2D eigenvalue weighted by Crippen LogP contribution is -2.50. The molecule has 1 atom stereocenters. The van der Waals surface area contributed by atoms with Crippen LogP contribution in [-0.2, 0) is 11.3 Å². The number of likely N-dealkylation sites (N-methyl/N-ethyl adjacent to an activating group) is 1. The van der Waals surface area contributed by atoms with Gasteiger partial charge in [-0.1, -0.05) is 43.7 Å². The van der Waals surface area contributed by atoms with Crippen LogP contribution in [0.1, 0.15) is 58.5 Å². The lowest BCUT2D eigenvalue weighted by atomic mass is 10.0. The highest BCUT2D eigenvalue weighted by Gasteiger charge is 2.28. The van der Waals surface area contributed by atoms with Crippen molar-refractivity contribution in [3.63, 3.8) is 0 Å². The van der Waals surface area contributed by atoms with E-state index in [1.54, 1.807) is 30.1 Å². The maximum Gasteiger partial charge on any atom is 0.251 e. The summed E-state index contributed by atoms with van der Waals surface area (Å²) in [5, 5.41) is 5.86. The maximum atomic E-state index is 13.1. The first kappa shape index (κ1) is 22.5. The Balaban J connectivity index is 1.61. The molecule has 1 aliphatic carbocycles. The fraction of sp³-hybridized carbons (Fsp3) is 0.400. The molecule has 3 amide bonds. The molecule has 164 valence electrons. The van der Waals surface area contributed by atoms with Crippen LogP contribution >= 0.6 is 0 Å². The number of hydrogen-bond donors (Lipinski definition) is 2. The van der Waals surface area contributed by atoms with Crippen LogP contribution in [0.4, 0.5) is 0 Å². The van der Waals surface area contributed by atoms with Gasteiger partial charge in [0.1, 0.15) is 6.04 Å². The smallest absolute Gasteiger partial charge is 0.251 e. The molecule has 31 heavy (non-hydrogen) atoms. The van der Waals surface area contributed by atoms with Gasteiger partial charge in [0.2, 0.25) is 5.91 Å². The van der Waals surface area contributed by atoms with Crippen molar-refractivity contribution in [3.05, 3.63) is 70.8 Å². The van der Waals surface area contributed by atoms with Crippen LogP contribution in [0.15, 0.2) is 48.5 Å². The highest BCUT2D eigenvalue weighted by Crippen LogP contribution is 2.19. The van der Waals surface area contributed by atoms with E-state index in [0.29, 0.717) is 23.7 Å². The van der Waals surface area contributed by atoms with Gasteiger partial charge in [-0.2, -0.15) is 0 Å². The van der Waals surface area contributed by atoms with E-state index in [1.165, 1.54) is 0 Å². The summed E-state index contributed by atoms with van der Waals surface area (Å²) in [5.74, 6) is -0.517. The molecule has 1 aliphatic rings. The second kappa shape index (κ2) is 9.77. The van der Waals surface area contributed by atoms with Crippen LogP contribution in [-0.4, -0.2) is 41.8 Å². The van der Waals surface area contributed by atoms with Crippen LogP contribution < -0.4 is 10.6 Å². The van der Waals surface area contributed by atoms with Gasteiger partial charge in [-0.15, -0.1) is 0 Å². The second-order valence-electron chi connectivity index (χ2n) is 8.70. The minimum atomic E-state index is -0.624. The Labute approximate surface area is 184 Å². The van der Waals surface area contributed by atoms with Gasteiger partial charge in [-0.25, -0.2) is 0 Å². The molecule has 6 nitrogen and oxygen atoms in total. The largest absolute Gasteiger partial charge is 0.349 e. The lowest BCUT2D eigenvalue weighted by molar-refractivity contribution is -0.133. The van der Waals surface area contributed by atoms with Crippen molar-refractivity contribution in [2.24, 2.45) is 5.92 Å². The summed E-state index contributed by atoms with van der Waals surface area (Å²) in [6.45, 7) is 6.16. The van der Waals surface area contributed by atoms with Gasteiger partial charge in [0, 0.05) is 30.8 Å². The molecule has 0 heterocycles. The third kappa shape index (κ3) is 6.17. The van der Waals surface area contributed by atoms with Crippen molar-refractivity contribution in [3.8, 4) is 0 Å². The first-order valence-electron chi connectivity index (χ1n) is 10.8. The van der Waals surface area contributed by atoms with E-state index in [4.69, 9.17) is 0 Å². The summed E-state index contributed by atoms with van der Waals surface area (Å²) in [7, 11) is 1.73. The molecule has 0 bridgehead atoms. The number of nitrogens with zero attached hydrogens (tertiary/aromatic N) is 1. The molecule has 2 aromatic carbocycles. The van der Waals surface area contributed by atoms with Crippen molar-refractivity contribution < 1.29 is 14.4 Å². The van der Waals surface area contributed by atoms with Crippen molar-refractivity contribution in [1.29, 1.82) is 0 Å². The maximum absolute atomic E-state index is 13.1. The van der Waals surface area contributed by atoms with Crippen LogP contribution in [0.25, 0.3) is 0 Å². The first-order valence-corrected chi connectivity index (χ1v) is 10.8. The predicted octanol–water partition coefficient (Wildman–Crippen LogP) is 3.30. The second-order valence-corrected chi connectivity index (χ2v) is 8.70. The summed E-state index contributed by atoms with van der Waals surface area (Å²) in [5.41, 5.74) is 3.08. The van der Waals surface area contributed by atoms with Crippen LogP contribution in [0.3, 0.4) is 0 Å². The Morgan fingerprint density at radius 1 is 1.00 bits per heavy atom. The third-order valence-electron chi connectivity index (χ3n) is 5.42. The Kier molecular flexibility index (Phi) is 7.10. The van der Waals surface area contributed by atoms with Crippen molar-refractivity contribution in [1.82, 2.24) is 15.5 Å². The molecule has 0 aromatic heterocycles. The average molecular weight is 422 g/mol. The Hall–Kier alpha value is -3.15. The Morgan fingerprint density at radius 3 is 2.26 bits per heavy atom. The number of carbonyl (C=O) groups is 3. The zero-order valence-electron chi connectivity index (χ0n) is 18.6. The number of aryl methyl sites for hydroxylation is 1. The Morgan fingerprint density at radius 2 is 1.68 bits per heavy atom. The van der Waals surface area contributed by atoms with Gasteiger partial charge in [0.05, 0.1) is 0 Å². The molecule has 1 unspecified atom stereocenters. The Bertz CT molecular complexity index is 949. The normalized spacial score (nSPS) is 14.1. The number of rotatable bonds is 8. The molecule has 1 saturated carbocycles. The number of benzene rings is 2. The summed E-state index contributed by atoms with van der Waals surface area (Å²) in [6.07, 6.45) is 2.10. The SMILES string of the molecule is Cc1cccc(C(=O)NC(C(=O)N(C)Cc2ccc(C(=O)NC3CC3)cc2)C(C)C)c1. The van der Waals surface area contributed by atoms with E-state index < -0.39 is 6.04 Å². The van der Waals surface area contributed by atoms with Crippen molar-refractivity contribution in [2.75, 3.05) is 7.05 Å². The number of amides is 3. The molecule has 0 spiro atoms. The average Bonchev–Trinajstić information content (AvgIpc) is 3.55. The number of nitrogens with one attached hydrogen (secondary N) is 2. The van der Waals surface area contributed by atoms with E-state index in [1.807, 2.05) is 51.1 Å². The fourth-order valence-electron chi connectivity index (χ4n) is 3.37. The van der Waals surface area contributed by atoms with Gasteiger partial charge in [-0.05, 0) is 55.5 Å². The standard InChI is InChI=1S/C25H31N3O3/c1-16(2)22(27-24(30)20-7-5-6-17(3)14-20)25(31)28(4)15-18-8-10-19(11-9-18)23(29)26-21-12-13-21/h5-11,14,16,21-22H,12-13,15H2,1-4H3,(H,26,29)(H,27,30). The molecule has 6 heteroatoms. The molecular weight excluding hydrogens is 390 g/mol. The van der Waals surface area contributed by atoms with Crippen LogP contribution in [0.5, 0.6) is 0 Å². The summed E-state index contributed by atoms with van der Waals surface area (Å²) >= 11 is 0. The fourth-order valence-corrected chi connectivity index (χ4v) is 3.37. The van der Waals surface area contributed by atoms with Gasteiger partial charge in [0.15, 0.2) is 0 Å². The number of hydrogen-bond acceptors (Lipinski definition) is 3. The lowest BCUT2D eigenvalue weighted by Gasteiger charge is -2.27. The minimum Gasteiger partial charge on any atom is -0.349 e. The summed E-state index contributed by atoms with van der Waals surface area (Å²) in [6, 6.07) is 14.3. The molecule has 1 fully saturated rings.